The quantitative estimate of drug-likeness (QED) is 0.359. The molecular formula is C34H34N4O6. The van der Waals surface area contributed by atoms with Gasteiger partial charge in [0.1, 0.15) is 29.1 Å². The number of benzene rings is 3. The second-order valence-corrected chi connectivity index (χ2v) is 10.8. The van der Waals surface area contributed by atoms with Crippen molar-refractivity contribution in [3.05, 3.63) is 102 Å². The summed E-state index contributed by atoms with van der Waals surface area (Å²) in [4.78, 5) is 32.8. The number of hydrogen-bond acceptors (Lipinski definition) is 8. The highest BCUT2D eigenvalue weighted by molar-refractivity contribution is 5.95. The highest BCUT2D eigenvalue weighted by Gasteiger charge is 2.36. The smallest absolute Gasteiger partial charge is 0.258 e. The van der Waals surface area contributed by atoms with Crippen molar-refractivity contribution in [2.24, 2.45) is 0 Å². The fourth-order valence-corrected chi connectivity index (χ4v) is 5.48. The summed E-state index contributed by atoms with van der Waals surface area (Å²) in [5.74, 6) is 1.39. The Morgan fingerprint density at radius 1 is 0.909 bits per heavy atom. The molecule has 4 bridgehead atoms. The summed E-state index contributed by atoms with van der Waals surface area (Å²) in [5.41, 5.74) is 4.29. The molecule has 226 valence electrons. The van der Waals surface area contributed by atoms with Gasteiger partial charge in [0, 0.05) is 61.2 Å². The molecule has 3 aliphatic rings. The number of likely N-dealkylation sites (tertiary alicyclic amines) is 1. The van der Waals surface area contributed by atoms with Crippen molar-refractivity contribution >= 4 is 11.8 Å². The van der Waals surface area contributed by atoms with E-state index in [2.05, 4.69) is 44.8 Å². The van der Waals surface area contributed by atoms with Gasteiger partial charge in [-0.1, -0.05) is 30.3 Å². The second-order valence-electron chi connectivity index (χ2n) is 10.8. The first kappa shape index (κ1) is 29.0. The first-order valence-corrected chi connectivity index (χ1v) is 14.4. The number of pyridine rings is 1. The number of methoxy groups -OCH3 is 2. The van der Waals surface area contributed by atoms with Crippen LogP contribution in [0.2, 0.25) is 0 Å². The molecule has 4 aromatic rings. The van der Waals surface area contributed by atoms with Crippen LogP contribution < -0.4 is 29.6 Å². The first-order chi connectivity index (χ1) is 21.5. The number of nitrogens with zero attached hydrogens (tertiary/aromatic N) is 2. The standard InChI is InChI=1S/C34H34N4O6/c1-41-27-13-25-14-28(15-27)43-21-33(39)36-17-24-10-11-26(16-31(24)42-2)44-32-20-38(19-30(32)37-34(25)40)18-22-6-8-23(9-7-22)29-5-3-4-12-35-29/h3-16,30,32H,17-21H2,1-2H3,(H,36,39)(H,37,40)/t30-,32-/m0/s1. The van der Waals surface area contributed by atoms with E-state index in [1.807, 2.05) is 36.4 Å². The zero-order valence-electron chi connectivity index (χ0n) is 24.6. The van der Waals surface area contributed by atoms with Gasteiger partial charge in [-0.2, -0.15) is 0 Å². The average Bonchev–Trinajstić information content (AvgIpc) is 3.42. The number of carbonyl (C=O) groups excluding carboxylic acids is 2. The van der Waals surface area contributed by atoms with E-state index in [1.165, 1.54) is 7.11 Å². The van der Waals surface area contributed by atoms with E-state index in [1.54, 1.807) is 31.5 Å². The third-order valence-corrected chi connectivity index (χ3v) is 7.75. The fourth-order valence-electron chi connectivity index (χ4n) is 5.48. The Morgan fingerprint density at radius 3 is 2.55 bits per heavy atom. The molecule has 44 heavy (non-hydrogen) atoms. The van der Waals surface area contributed by atoms with Crippen molar-refractivity contribution in [2.75, 3.05) is 33.9 Å². The van der Waals surface area contributed by atoms with Gasteiger partial charge in [-0.3, -0.25) is 19.5 Å². The summed E-state index contributed by atoms with van der Waals surface area (Å²) in [6, 6.07) is 24.3. The predicted octanol–water partition coefficient (Wildman–Crippen LogP) is 3.84. The number of nitrogens with one attached hydrogen (secondary N) is 2. The summed E-state index contributed by atoms with van der Waals surface area (Å²) < 4.78 is 23.2. The van der Waals surface area contributed by atoms with Crippen molar-refractivity contribution in [3.8, 4) is 34.3 Å². The van der Waals surface area contributed by atoms with Gasteiger partial charge >= 0.3 is 0 Å². The van der Waals surface area contributed by atoms with Crippen LogP contribution in [0.1, 0.15) is 21.5 Å². The molecule has 10 nitrogen and oxygen atoms in total. The van der Waals surface area contributed by atoms with Gasteiger partial charge in [-0.25, -0.2) is 0 Å². The van der Waals surface area contributed by atoms with Crippen molar-refractivity contribution in [1.82, 2.24) is 20.5 Å². The third-order valence-electron chi connectivity index (χ3n) is 7.75. The summed E-state index contributed by atoms with van der Waals surface area (Å²) in [5, 5.41) is 6.02. The Bertz CT molecular complexity index is 1630. The maximum Gasteiger partial charge on any atom is 0.258 e. The van der Waals surface area contributed by atoms with Crippen LogP contribution in [-0.2, 0) is 17.9 Å². The van der Waals surface area contributed by atoms with E-state index in [9.17, 15) is 9.59 Å². The van der Waals surface area contributed by atoms with E-state index in [0.29, 0.717) is 48.2 Å². The number of fused-ring (bicyclic) bond motifs is 7. The number of rotatable bonds is 5. The minimum Gasteiger partial charge on any atom is -0.497 e. The van der Waals surface area contributed by atoms with E-state index in [0.717, 1.165) is 22.4 Å². The van der Waals surface area contributed by atoms with Gasteiger partial charge in [-0.15, -0.1) is 0 Å². The van der Waals surface area contributed by atoms with Crippen LogP contribution in [0.15, 0.2) is 85.1 Å². The third kappa shape index (κ3) is 6.76. The molecule has 0 unspecified atom stereocenters. The Hall–Kier alpha value is -5.09. The lowest BCUT2D eigenvalue weighted by Gasteiger charge is -2.22. The number of amides is 2. The molecule has 3 aromatic carbocycles. The zero-order valence-corrected chi connectivity index (χ0v) is 24.6. The molecule has 1 saturated heterocycles. The molecule has 4 heterocycles. The van der Waals surface area contributed by atoms with Gasteiger partial charge in [0.25, 0.3) is 11.8 Å². The molecule has 2 amide bonds. The van der Waals surface area contributed by atoms with E-state index in [-0.39, 0.29) is 37.1 Å². The summed E-state index contributed by atoms with van der Waals surface area (Å²) in [6.07, 6.45) is 1.45. The van der Waals surface area contributed by atoms with Gasteiger partial charge in [0.15, 0.2) is 6.61 Å². The largest absolute Gasteiger partial charge is 0.497 e. The van der Waals surface area contributed by atoms with Crippen LogP contribution in [0.5, 0.6) is 23.0 Å². The van der Waals surface area contributed by atoms with Crippen LogP contribution in [0, 0.1) is 0 Å². The Balaban J connectivity index is 1.26. The van der Waals surface area contributed by atoms with E-state index < -0.39 is 0 Å². The van der Waals surface area contributed by atoms with Gasteiger partial charge in [0.05, 0.1) is 26.0 Å². The summed E-state index contributed by atoms with van der Waals surface area (Å²) in [6.45, 7) is 1.90. The predicted molar refractivity (Wildman–Crippen MR) is 164 cm³/mol. The maximum atomic E-state index is 13.6. The molecule has 0 saturated carbocycles. The zero-order chi connectivity index (χ0) is 30.5. The summed E-state index contributed by atoms with van der Waals surface area (Å²) >= 11 is 0. The number of aromatic nitrogens is 1. The molecule has 0 spiro atoms. The monoisotopic (exact) mass is 594 g/mol. The van der Waals surface area contributed by atoms with E-state index >= 15 is 0 Å². The molecule has 0 radical (unpaired) electrons. The lowest BCUT2D eigenvalue weighted by Crippen LogP contribution is -2.45. The molecule has 0 aliphatic carbocycles. The minimum absolute atomic E-state index is 0.222. The maximum absolute atomic E-state index is 13.6. The topological polar surface area (TPSA) is 111 Å². The molecule has 3 aliphatic heterocycles. The van der Waals surface area contributed by atoms with Crippen molar-refractivity contribution in [2.45, 2.75) is 25.2 Å². The lowest BCUT2D eigenvalue weighted by atomic mass is 10.1. The minimum atomic E-state index is -0.334. The highest BCUT2D eigenvalue weighted by Crippen LogP contribution is 2.29. The molecule has 10 heteroatoms. The molecular weight excluding hydrogens is 560 g/mol. The van der Waals surface area contributed by atoms with Gasteiger partial charge in [0.2, 0.25) is 0 Å². The Labute approximate surface area is 255 Å². The van der Waals surface area contributed by atoms with Crippen molar-refractivity contribution in [3.63, 3.8) is 0 Å². The van der Waals surface area contributed by atoms with Crippen LogP contribution in [-0.4, -0.2) is 67.8 Å². The van der Waals surface area contributed by atoms with Crippen LogP contribution in [0.4, 0.5) is 0 Å². The highest BCUT2D eigenvalue weighted by atomic mass is 16.5. The van der Waals surface area contributed by atoms with Crippen LogP contribution in [0.3, 0.4) is 0 Å². The van der Waals surface area contributed by atoms with Gasteiger partial charge in [-0.05, 0) is 42.0 Å². The van der Waals surface area contributed by atoms with Crippen molar-refractivity contribution in [1.29, 1.82) is 0 Å². The molecule has 7 rings (SSSR count). The first-order valence-electron chi connectivity index (χ1n) is 14.4. The normalized spacial score (nSPS) is 18.7. The molecule has 2 N–H and O–H groups in total. The molecule has 1 fully saturated rings. The van der Waals surface area contributed by atoms with E-state index in [4.69, 9.17) is 18.9 Å². The Morgan fingerprint density at radius 2 is 1.77 bits per heavy atom. The van der Waals surface area contributed by atoms with Crippen molar-refractivity contribution < 1.29 is 28.5 Å². The number of hydrogen-bond donors (Lipinski definition) is 2. The molecule has 2 atom stereocenters. The Kier molecular flexibility index (Phi) is 8.60. The average molecular weight is 595 g/mol. The number of carbonyl (C=O) groups is 2. The summed E-state index contributed by atoms with van der Waals surface area (Å²) in [7, 11) is 3.10. The fraction of sp³-hybridized carbons (Fsp3) is 0.265. The SMILES string of the molecule is COc1cc2cc(c1)C(=O)N[C@H]1CN(Cc3ccc(-c4ccccn4)cc3)C[C@@H]1Oc1ccc(c(OC)c1)CNC(=O)CO2. The van der Waals surface area contributed by atoms with Crippen LogP contribution in [0.25, 0.3) is 11.3 Å². The van der Waals surface area contributed by atoms with Crippen LogP contribution >= 0.6 is 0 Å². The lowest BCUT2D eigenvalue weighted by molar-refractivity contribution is -0.123. The number of ether oxygens (including phenoxy) is 4. The molecule has 1 aromatic heterocycles. The van der Waals surface area contributed by atoms with Gasteiger partial charge < -0.3 is 29.6 Å². The second kappa shape index (κ2) is 13.0.